The normalized spacial score (nSPS) is 22.3. The molecule has 19 heteroatoms. The Hall–Kier alpha value is -6.13. The molecule has 5 aliphatic rings. The molecular formula is C61H77ClFN9O7S. The van der Waals surface area contributed by atoms with Crippen LogP contribution in [0.5, 0.6) is 5.75 Å². The number of aryl methyl sites for hydroxylation is 1. The molecule has 4 aliphatic heterocycles. The fourth-order valence-electron chi connectivity index (χ4n) is 11.9. The van der Waals surface area contributed by atoms with Crippen molar-refractivity contribution in [3.05, 3.63) is 99.6 Å². The number of nitrogens with one attached hydrogen (secondary N) is 3. The second-order valence-electron chi connectivity index (χ2n) is 23.7. The largest absolute Gasteiger partial charge is 0.490 e. The van der Waals surface area contributed by atoms with Crippen LogP contribution >= 0.6 is 22.9 Å². The first-order valence-electron chi connectivity index (χ1n) is 28.7. The SMILES string of the molecule is Cc1ncsc1-c1ccc([C@H](CC(=O)NCCCCCCCCN2CCN(c3ccc(C(=O)N4[C@@H]5CC[C@H]4CC(Oc4ccc(C#N)c(Cl)c4)C5)cc3)CC2)NC(=O)[C@@H]2C[C@@H](O)CN2C(=O)[C@@H](NC(=O)C2(F)CC2)C(C)(C)C)cc1. The molecule has 5 amide bonds. The van der Waals surface area contributed by atoms with Crippen LogP contribution in [0.15, 0.2) is 72.2 Å². The number of nitrogens with zero attached hydrogens (tertiary/aromatic N) is 6. The Bertz CT molecular complexity index is 2870. The lowest BCUT2D eigenvalue weighted by molar-refractivity contribution is -0.145. The lowest BCUT2D eigenvalue weighted by Gasteiger charge is -2.39. The van der Waals surface area contributed by atoms with Gasteiger partial charge in [0, 0.05) is 87.9 Å². The van der Waals surface area contributed by atoms with Crippen LogP contribution in [0.2, 0.25) is 5.02 Å². The van der Waals surface area contributed by atoms with Crippen molar-refractivity contribution >= 4 is 58.2 Å². The van der Waals surface area contributed by atoms with Gasteiger partial charge in [0.15, 0.2) is 5.67 Å². The van der Waals surface area contributed by atoms with Crippen LogP contribution in [0.25, 0.3) is 10.4 Å². The lowest BCUT2D eigenvalue weighted by Crippen LogP contribution is -2.59. The van der Waals surface area contributed by atoms with Crippen molar-refractivity contribution in [3.8, 4) is 22.3 Å². The van der Waals surface area contributed by atoms with E-state index in [1.807, 2.05) is 43.3 Å². The first-order chi connectivity index (χ1) is 38.4. The number of unbranched alkanes of at least 4 members (excludes halogenated alkanes) is 5. The summed E-state index contributed by atoms with van der Waals surface area (Å²) in [5, 5.41) is 29.1. The fraction of sp³-hybridized carbons (Fsp3) is 0.557. The fourth-order valence-corrected chi connectivity index (χ4v) is 13.0. The Morgan fingerprint density at radius 1 is 0.900 bits per heavy atom. The number of fused-ring (bicyclic) bond motifs is 2. The molecule has 4 saturated heterocycles. The van der Waals surface area contributed by atoms with Gasteiger partial charge in [0.1, 0.15) is 30.0 Å². The number of halogens is 2. The van der Waals surface area contributed by atoms with Gasteiger partial charge in [-0.25, -0.2) is 9.37 Å². The number of hydrogen-bond acceptors (Lipinski definition) is 12. The van der Waals surface area contributed by atoms with E-state index in [0.717, 1.165) is 124 Å². The van der Waals surface area contributed by atoms with Crippen LogP contribution < -0.4 is 25.6 Å². The van der Waals surface area contributed by atoms with E-state index in [1.165, 1.54) is 16.2 Å². The molecule has 7 atom stereocenters. The van der Waals surface area contributed by atoms with E-state index in [1.54, 1.807) is 44.5 Å². The monoisotopic (exact) mass is 1130 g/mol. The molecule has 1 unspecified atom stereocenters. The molecule has 5 heterocycles. The van der Waals surface area contributed by atoms with Crippen molar-refractivity contribution in [2.24, 2.45) is 5.41 Å². The third-order valence-corrected chi connectivity index (χ3v) is 18.0. The maximum Gasteiger partial charge on any atom is 0.258 e. The number of piperidine rings is 1. The van der Waals surface area contributed by atoms with Gasteiger partial charge in [-0.15, -0.1) is 11.3 Å². The average molecular weight is 1130 g/mol. The van der Waals surface area contributed by atoms with E-state index in [2.05, 4.69) is 53.8 Å². The number of anilines is 1. The number of benzene rings is 3. The van der Waals surface area contributed by atoms with E-state index in [-0.39, 0.29) is 62.2 Å². The predicted molar refractivity (Wildman–Crippen MR) is 307 cm³/mol. The summed E-state index contributed by atoms with van der Waals surface area (Å²) in [6.07, 6.45) is 8.81. The zero-order chi connectivity index (χ0) is 56.7. The van der Waals surface area contributed by atoms with Gasteiger partial charge in [-0.05, 0) is 105 Å². The molecule has 1 aliphatic carbocycles. The number of ether oxygens (including phenoxy) is 1. The maximum atomic E-state index is 14.8. The topological polar surface area (TPSA) is 201 Å². The first kappa shape index (κ1) is 58.5. The molecule has 428 valence electrons. The molecule has 0 spiro atoms. The number of rotatable bonds is 22. The highest BCUT2D eigenvalue weighted by atomic mass is 35.5. The number of alkyl halides is 1. The summed E-state index contributed by atoms with van der Waals surface area (Å²) < 4.78 is 21.1. The van der Waals surface area contributed by atoms with Crippen LogP contribution in [0.3, 0.4) is 0 Å². The number of thiazole rings is 1. The third-order valence-electron chi connectivity index (χ3n) is 16.7. The number of β-amino-alcohol motifs (C(OH)–C–C–N with tert-alkyl or cyclic N) is 1. The second-order valence-corrected chi connectivity index (χ2v) is 25.0. The van der Waals surface area contributed by atoms with Crippen LogP contribution in [0, 0.1) is 23.7 Å². The van der Waals surface area contributed by atoms with E-state index < -0.39 is 53.0 Å². The van der Waals surface area contributed by atoms with Crippen molar-refractivity contribution < 1.29 is 38.2 Å². The molecule has 16 nitrogen and oxygen atoms in total. The van der Waals surface area contributed by atoms with Crippen molar-refractivity contribution in [3.63, 3.8) is 0 Å². The van der Waals surface area contributed by atoms with Crippen molar-refractivity contribution in [2.75, 3.05) is 50.7 Å². The molecule has 2 bridgehead atoms. The number of aliphatic hydroxyl groups is 1. The van der Waals surface area contributed by atoms with Gasteiger partial charge in [-0.3, -0.25) is 28.9 Å². The van der Waals surface area contributed by atoms with E-state index in [0.29, 0.717) is 28.4 Å². The number of carbonyl (C=O) groups is 5. The van der Waals surface area contributed by atoms with Crippen LogP contribution in [-0.2, 0) is 19.2 Å². The molecule has 80 heavy (non-hydrogen) atoms. The van der Waals surface area contributed by atoms with Gasteiger partial charge in [0.2, 0.25) is 17.7 Å². The van der Waals surface area contributed by atoms with Crippen LogP contribution in [0.4, 0.5) is 10.1 Å². The van der Waals surface area contributed by atoms with Gasteiger partial charge in [0.25, 0.3) is 11.8 Å². The number of aliphatic hydroxyl groups excluding tert-OH is 1. The highest BCUT2D eigenvalue weighted by Gasteiger charge is 2.53. The quantitative estimate of drug-likeness (QED) is 0.0549. The smallest absolute Gasteiger partial charge is 0.258 e. The number of aromatic nitrogens is 1. The molecule has 1 aromatic heterocycles. The van der Waals surface area contributed by atoms with E-state index in [4.69, 9.17) is 16.3 Å². The lowest BCUT2D eigenvalue weighted by atomic mass is 9.85. The Morgan fingerprint density at radius 2 is 1.57 bits per heavy atom. The van der Waals surface area contributed by atoms with Gasteiger partial charge >= 0.3 is 0 Å². The number of piperazine rings is 1. The van der Waals surface area contributed by atoms with Gasteiger partial charge in [-0.2, -0.15) is 5.26 Å². The Balaban J connectivity index is 0.679. The summed E-state index contributed by atoms with van der Waals surface area (Å²) in [5.74, 6) is -1.44. The number of carbonyl (C=O) groups excluding carboxylic acids is 5. The van der Waals surface area contributed by atoms with Crippen molar-refractivity contribution in [1.82, 2.24) is 35.6 Å². The van der Waals surface area contributed by atoms with E-state index in [9.17, 15) is 38.7 Å². The van der Waals surface area contributed by atoms with Gasteiger partial charge in [0.05, 0.1) is 45.2 Å². The predicted octanol–water partition coefficient (Wildman–Crippen LogP) is 8.68. The van der Waals surface area contributed by atoms with Crippen LogP contribution in [0.1, 0.15) is 144 Å². The molecule has 5 fully saturated rings. The minimum absolute atomic E-state index is 0.00732. The molecule has 0 radical (unpaired) electrons. The molecule has 9 rings (SSSR count). The second kappa shape index (κ2) is 25.8. The van der Waals surface area contributed by atoms with Gasteiger partial charge < -0.3 is 40.5 Å². The molecule has 4 aromatic rings. The first-order valence-corrected chi connectivity index (χ1v) is 30.0. The Kier molecular flexibility index (Phi) is 18.8. The number of nitriles is 1. The standard InChI is InChI=1S/C61H77ClFN9O7S/c1-39-54(80-38-66-39)41-13-11-40(12-14-41)51(67-56(75)52-33-47(73)37-71(52)58(77)55(60(2,3)4)68-59(78)61(63)23-24-61)35-53(74)65-25-9-7-5-6-8-10-26-69-27-29-70(30-28-69)44-18-15-42(16-19-44)57(76)72-45-20-21-46(72)32-49(31-45)79-48-22-17-43(36-64)50(62)34-48/h11-19,22,34,38,45-47,49,51-52,55,73H,5-10,20-21,23-33,35,37H2,1-4H3,(H,65,74)(H,67,75)(H,68,78)/t45-,46+,47-,49?,51+,52+,55-/m1/s1. The zero-order valence-corrected chi connectivity index (χ0v) is 48.1. The molecular weight excluding hydrogens is 1060 g/mol. The van der Waals surface area contributed by atoms with Gasteiger partial charge in [-0.1, -0.05) is 82.3 Å². The minimum atomic E-state index is -2.00. The number of likely N-dealkylation sites (tertiary alicyclic amines) is 1. The number of amides is 5. The van der Waals surface area contributed by atoms with Crippen LogP contribution in [-0.4, -0.2) is 142 Å². The molecule has 3 aromatic carbocycles. The third kappa shape index (κ3) is 14.3. The molecule has 4 N–H and O–H groups in total. The van der Waals surface area contributed by atoms with Crippen molar-refractivity contribution in [1.29, 1.82) is 5.26 Å². The maximum absolute atomic E-state index is 14.8. The highest BCUT2D eigenvalue weighted by Crippen LogP contribution is 2.41. The zero-order valence-electron chi connectivity index (χ0n) is 46.6. The average Bonchev–Trinajstić information content (AvgIpc) is 3.84. The van der Waals surface area contributed by atoms with E-state index >= 15 is 0 Å². The Morgan fingerprint density at radius 3 is 2.20 bits per heavy atom. The summed E-state index contributed by atoms with van der Waals surface area (Å²) in [7, 11) is 0. The summed E-state index contributed by atoms with van der Waals surface area (Å²) >= 11 is 7.77. The summed E-state index contributed by atoms with van der Waals surface area (Å²) in [4.78, 5) is 82.2. The van der Waals surface area contributed by atoms with Crippen molar-refractivity contribution in [2.45, 2.75) is 166 Å². The minimum Gasteiger partial charge on any atom is -0.490 e. The Labute approximate surface area is 478 Å². The summed E-state index contributed by atoms with van der Waals surface area (Å²) in [6.45, 7) is 12.5. The molecule has 1 saturated carbocycles. The summed E-state index contributed by atoms with van der Waals surface area (Å²) in [5.41, 5.74) is 3.81. The highest BCUT2D eigenvalue weighted by molar-refractivity contribution is 7.13. The number of hydrogen-bond donors (Lipinski definition) is 4. The summed E-state index contributed by atoms with van der Waals surface area (Å²) in [6, 6.07) is 20.3.